The molecule has 3 aromatic carbocycles. The van der Waals surface area contributed by atoms with Crippen LogP contribution in [0.1, 0.15) is 101 Å². The SMILES string of the molecule is COc1cccc(C(=O)NC2(C)CCC(C)(C(=O)N[C@H](C(=O)N(C)CC(C)C)c3ccccc3)CC2)c1-c1ccc(C(C)C)cc1. The van der Waals surface area contributed by atoms with Gasteiger partial charge < -0.3 is 20.3 Å². The van der Waals surface area contributed by atoms with Gasteiger partial charge in [0.05, 0.1) is 12.7 Å². The Kier molecular flexibility index (Phi) is 11.0. The van der Waals surface area contributed by atoms with Crippen LogP contribution < -0.4 is 15.4 Å². The molecule has 0 radical (unpaired) electrons. The van der Waals surface area contributed by atoms with Gasteiger partial charge in [-0.05, 0) is 73.3 Å². The second kappa shape index (κ2) is 14.5. The van der Waals surface area contributed by atoms with E-state index in [1.54, 1.807) is 19.1 Å². The van der Waals surface area contributed by atoms with Gasteiger partial charge in [0.1, 0.15) is 11.8 Å². The molecule has 0 heterocycles. The molecule has 1 saturated carbocycles. The highest BCUT2D eigenvalue weighted by Gasteiger charge is 2.44. The van der Waals surface area contributed by atoms with Crippen LogP contribution in [0, 0.1) is 11.3 Å². The summed E-state index contributed by atoms with van der Waals surface area (Å²) in [6.45, 7) is 13.1. The van der Waals surface area contributed by atoms with Crippen LogP contribution in [-0.2, 0) is 9.59 Å². The molecule has 7 heteroatoms. The van der Waals surface area contributed by atoms with Gasteiger partial charge in [-0.1, -0.05) is 95.3 Å². The Bertz CT molecular complexity index is 1510. The van der Waals surface area contributed by atoms with Crippen LogP contribution >= 0.6 is 0 Å². The van der Waals surface area contributed by atoms with Crippen LogP contribution in [-0.4, -0.2) is 48.9 Å². The lowest BCUT2D eigenvalue weighted by molar-refractivity contribution is -0.140. The molecule has 1 aliphatic carbocycles. The molecule has 2 N–H and O–H groups in total. The third-order valence-corrected chi connectivity index (χ3v) is 9.45. The molecule has 1 fully saturated rings. The second-order valence-electron chi connectivity index (χ2n) is 14.2. The van der Waals surface area contributed by atoms with Gasteiger partial charge in [-0.2, -0.15) is 0 Å². The average molecular weight is 626 g/mol. The van der Waals surface area contributed by atoms with Crippen molar-refractivity contribution in [1.29, 1.82) is 0 Å². The number of nitrogens with one attached hydrogen (secondary N) is 2. The molecule has 0 aromatic heterocycles. The van der Waals surface area contributed by atoms with Gasteiger partial charge >= 0.3 is 0 Å². The van der Waals surface area contributed by atoms with E-state index in [2.05, 4.69) is 57.4 Å². The third kappa shape index (κ3) is 7.98. The molecule has 0 bridgehead atoms. The third-order valence-electron chi connectivity index (χ3n) is 9.45. The van der Waals surface area contributed by atoms with Crippen LogP contribution in [0.25, 0.3) is 11.1 Å². The zero-order valence-corrected chi connectivity index (χ0v) is 28.8. The van der Waals surface area contributed by atoms with E-state index in [1.807, 2.05) is 67.6 Å². The molecule has 0 saturated heterocycles. The van der Waals surface area contributed by atoms with Crippen molar-refractivity contribution in [3.8, 4) is 16.9 Å². The summed E-state index contributed by atoms with van der Waals surface area (Å²) in [7, 11) is 3.41. The standard InChI is InChI=1S/C39H51N3O4/c1-26(2)25-42(7)36(44)34(30-13-10-9-11-14-30)40-37(45)38(5)21-23-39(6,24-22-38)41-35(43)31-15-12-16-32(46-8)33(31)29-19-17-28(18-20-29)27(3)4/h9-20,26-27,34H,21-25H2,1-8H3,(H,40,45)(H,41,43)/t34-,38?,39?/m0/s1. The first-order chi connectivity index (χ1) is 21.8. The largest absolute Gasteiger partial charge is 0.496 e. The summed E-state index contributed by atoms with van der Waals surface area (Å²) in [5.74, 6) is 0.927. The average Bonchev–Trinajstić information content (AvgIpc) is 3.04. The Labute approximate surface area is 275 Å². The summed E-state index contributed by atoms with van der Waals surface area (Å²) in [5.41, 5.74) is 3.07. The zero-order valence-electron chi connectivity index (χ0n) is 28.8. The van der Waals surface area contributed by atoms with Gasteiger partial charge in [0, 0.05) is 30.1 Å². The number of ether oxygens (including phenoxy) is 1. The Hall–Kier alpha value is -4.13. The first-order valence-corrected chi connectivity index (χ1v) is 16.5. The minimum atomic E-state index is -0.761. The lowest BCUT2D eigenvalue weighted by Crippen LogP contribution is -2.53. The first kappa shape index (κ1) is 34.7. The van der Waals surface area contributed by atoms with Crippen LogP contribution in [0.4, 0.5) is 0 Å². The number of carbonyl (C=O) groups is 3. The molecule has 0 aliphatic heterocycles. The highest BCUT2D eigenvalue weighted by molar-refractivity contribution is 6.03. The van der Waals surface area contributed by atoms with Crippen LogP contribution in [0.5, 0.6) is 5.75 Å². The number of hydrogen-bond donors (Lipinski definition) is 2. The summed E-state index contributed by atoms with van der Waals surface area (Å²) in [6, 6.07) is 22.5. The molecule has 3 amide bonds. The highest BCUT2D eigenvalue weighted by Crippen LogP contribution is 2.42. The maximum absolute atomic E-state index is 13.9. The number of likely N-dealkylation sites (N-methyl/N-ethyl adjacent to an activating group) is 1. The van der Waals surface area contributed by atoms with Crippen molar-refractivity contribution in [2.75, 3.05) is 20.7 Å². The zero-order chi connectivity index (χ0) is 33.6. The van der Waals surface area contributed by atoms with Crippen LogP contribution in [0.2, 0.25) is 0 Å². The second-order valence-corrected chi connectivity index (χ2v) is 14.2. The van der Waals surface area contributed by atoms with Crippen molar-refractivity contribution in [2.24, 2.45) is 11.3 Å². The smallest absolute Gasteiger partial charge is 0.252 e. The lowest BCUT2D eigenvalue weighted by atomic mass is 9.68. The molecule has 3 aromatic rings. The van der Waals surface area contributed by atoms with E-state index < -0.39 is 17.0 Å². The number of carbonyl (C=O) groups excluding carboxylic acids is 3. The first-order valence-electron chi connectivity index (χ1n) is 16.5. The Balaban J connectivity index is 1.49. The maximum Gasteiger partial charge on any atom is 0.252 e. The molecule has 246 valence electrons. The van der Waals surface area contributed by atoms with Crippen molar-refractivity contribution in [3.63, 3.8) is 0 Å². The summed E-state index contributed by atoms with van der Waals surface area (Å²) >= 11 is 0. The highest BCUT2D eigenvalue weighted by atomic mass is 16.5. The predicted molar refractivity (Wildman–Crippen MR) is 185 cm³/mol. The van der Waals surface area contributed by atoms with E-state index in [0.717, 1.165) is 16.7 Å². The number of nitrogens with zero attached hydrogens (tertiary/aromatic N) is 1. The van der Waals surface area contributed by atoms with Gasteiger partial charge in [-0.25, -0.2) is 0 Å². The molecular weight excluding hydrogens is 574 g/mol. The van der Waals surface area contributed by atoms with Crippen molar-refractivity contribution in [3.05, 3.63) is 89.5 Å². The van der Waals surface area contributed by atoms with E-state index in [1.165, 1.54) is 5.56 Å². The Morgan fingerprint density at radius 2 is 1.46 bits per heavy atom. The summed E-state index contributed by atoms with van der Waals surface area (Å²) in [5, 5.41) is 6.42. The van der Waals surface area contributed by atoms with E-state index in [4.69, 9.17) is 4.74 Å². The van der Waals surface area contributed by atoms with E-state index in [-0.39, 0.29) is 17.7 Å². The Morgan fingerprint density at radius 3 is 2.02 bits per heavy atom. The molecule has 1 atom stereocenters. The molecule has 4 rings (SSSR count). The molecule has 1 aliphatic rings. The van der Waals surface area contributed by atoms with Gasteiger partial charge in [-0.3, -0.25) is 14.4 Å². The Morgan fingerprint density at radius 1 is 0.826 bits per heavy atom. The van der Waals surface area contributed by atoms with Gasteiger partial charge in [0.2, 0.25) is 11.8 Å². The van der Waals surface area contributed by atoms with Gasteiger partial charge in [-0.15, -0.1) is 0 Å². The summed E-state index contributed by atoms with van der Waals surface area (Å²) in [4.78, 5) is 43.0. The van der Waals surface area contributed by atoms with Crippen LogP contribution in [0.15, 0.2) is 72.8 Å². The maximum atomic E-state index is 13.9. The topological polar surface area (TPSA) is 87.7 Å². The van der Waals surface area contributed by atoms with Crippen molar-refractivity contribution in [1.82, 2.24) is 15.5 Å². The van der Waals surface area contributed by atoms with Crippen molar-refractivity contribution < 1.29 is 19.1 Å². The fourth-order valence-electron chi connectivity index (χ4n) is 6.37. The van der Waals surface area contributed by atoms with Crippen molar-refractivity contribution >= 4 is 17.7 Å². The fourth-order valence-corrected chi connectivity index (χ4v) is 6.37. The number of hydrogen-bond acceptors (Lipinski definition) is 4. The predicted octanol–water partition coefficient (Wildman–Crippen LogP) is 7.53. The van der Waals surface area contributed by atoms with E-state index >= 15 is 0 Å². The number of benzene rings is 3. The number of methoxy groups -OCH3 is 1. The van der Waals surface area contributed by atoms with E-state index in [0.29, 0.717) is 55.4 Å². The number of rotatable bonds is 11. The molecule has 0 spiro atoms. The fraction of sp³-hybridized carbons (Fsp3) is 0.462. The molecule has 46 heavy (non-hydrogen) atoms. The quantitative estimate of drug-likeness (QED) is 0.231. The number of amides is 3. The van der Waals surface area contributed by atoms with Crippen LogP contribution in [0.3, 0.4) is 0 Å². The van der Waals surface area contributed by atoms with Crippen molar-refractivity contribution in [2.45, 2.75) is 84.7 Å². The normalized spacial score (nSPS) is 20.2. The minimum absolute atomic E-state index is 0.127. The summed E-state index contributed by atoms with van der Waals surface area (Å²) < 4.78 is 5.70. The monoisotopic (exact) mass is 625 g/mol. The van der Waals surface area contributed by atoms with Gasteiger partial charge in [0.25, 0.3) is 5.91 Å². The summed E-state index contributed by atoms with van der Waals surface area (Å²) in [6.07, 6.45) is 2.41. The van der Waals surface area contributed by atoms with Gasteiger partial charge in [0.15, 0.2) is 0 Å². The van der Waals surface area contributed by atoms with E-state index in [9.17, 15) is 14.4 Å². The lowest BCUT2D eigenvalue weighted by Gasteiger charge is -2.43. The molecular formula is C39H51N3O4. The minimum Gasteiger partial charge on any atom is -0.496 e. The molecule has 0 unspecified atom stereocenters. The molecule has 7 nitrogen and oxygen atoms in total.